The number of hydrogen-bond acceptors (Lipinski definition) is 4. The molecule has 1 heterocycles. The molecule has 24 heavy (non-hydrogen) atoms. The van der Waals surface area contributed by atoms with Crippen molar-refractivity contribution in [2.24, 2.45) is 5.92 Å². The van der Waals surface area contributed by atoms with Crippen molar-refractivity contribution in [1.82, 2.24) is 20.5 Å². The summed E-state index contributed by atoms with van der Waals surface area (Å²) in [5.74, 6) is 1.57. The molecule has 128 valence electrons. The van der Waals surface area contributed by atoms with Gasteiger partial charge >= 0.3 is 0 Å². The van der Waals surface area contributed by atoms with Crippen LogP contribution in [0, 0.1) is 5.92 Å². The van der Waals surface area contributed by atoms with Gasteiger partial charge in [0.2, 0.25) is 0 Å². The maximum atomic E-state index is 12.4. The summed E-state index contributed by atoms with van der Waals surface area (Å²) in [6.07, 6.45) is 4.95. The van der Waals surface area contributed by atoms with Gasteiger partial charge in [0.05, 0.1) is 0 Å². The van der Waals surface area contributed by atoms with Crippen molar-refractivity contribution in [3.8, 4) is 11.4 Å². The van der Waals surface area contributed by atoms with E-state index in [0.29, 0.717) is 11.4 Å². The first-order valence-electron chi connectivity index (χ1n) is 8.64. The first kappa shape index (κ1) is 16.6. The molecular formula is C18H24N4O2. The standard InChI is InChI=1S/C18H24N4O2/c1-2-16-20-17(22-21-16)12-7-9-13(10-8-12)18(24)19-15-6-4-3-5-14(15)11-23/h7-10,14-15,23H,2-6,11H2,1H3,(H,19,24)(H,20,21,22). The molecule has 0 spiro atoms. The van der Waals surface area contributed by atoms with Gasteiger partial charge in [0.15, 0.2) is 5.82 Å². The van der Waals surface area contributed by atoms with Crippen LogP contribution < -0.4 is 5.32 Å². The Morgan fingerprint density at radius 2 is 2.04 bits per heavy atom. The lowest BCUT2D eigenvalue weighted by Crippen LogP contribution is -2.43. The number of benzene rings is 1. The monoisotopic (exact) mass is 328 g/mol. The Morgan fingerprint density at radius 1 is 1.29 bits per heavy atom. The fourth-order valence-corrected chi connectivity index (χ4v) is 3.22. The van der Waals surface area contributed by atoms with Gasteiger partial charge in [-0.15, -0.1) is 0 Å². The maximum absolute atomic E-state index is 12.4. The molecule has 0 bridgehead atoms. The number of aliphatic hydroxyl groups excluding tert-OH is 1. The smallest absolute Gasteiger partial charge is 0.251 e. The lowest BCUT2D eigenvalue weighted by atomic mass is 9.85. The molecular weight excluding hydrogens is 304 g/mol. The molecule has 6 heteroatoms. The molecule has 0 radical (unpaired) electrons. The Morgan fingerprint density at radius 3 is 2.71 bits per heavy atom. The van der Waals surface area contributed by atoms with E-state index in [9.17, 15) is 9.90 Å². The minimum atomic E-state index is -0.0869. The van der Waals surface area contributed by atoms with Crippen molar-refractivity contribution in [3.05, 3.63) is 35.7 Å². The number of aromatic amines is 1. The van der Waals surface area contributed by atoms with Crippen molar-refractivity contribution in [2.75, 3.05) is 6.61 Å². The van der Waals surface area contributed by atoms with E-state index in [2.05, 4.69) is 20.5 Å². The van der Waals surface area contributed by atoms with Gasteiger partial charge in [-0.05, 0) is 25.0 Å². The fraction of sp³-hybridized carbons (Fsp3) is 0.500. The topological polar surface area (TPSA) is 90.9 Å². The highest BCUT2D eigenvalue weighted by molar-refractivity contribution is 5.94. The lowest BCUT2D eigenvalue weighted by Gasteiger charge is -2.30. The fourth-order valence-electron chi connectivity index (χ4n) is 3.22. The molecule has 3 rings (SSSR count). The van der Waals surface area contributed by atoms with E-state index in [0.717, 1.165) is 43.5 Å². The number of aromatic nitrogens is 3. The highest BCUT2D eigenvalue weighted by atomic mass is 16.3. The first-order valence-corrected chi connectivity index (χ1v) is 8.64. The van der Waals surface area contributed by atoms with Crippen LogP contribution in [0.5, 0.6) is 0 Å². The van der Waals surface area contributed by atoms with Crippen molar-refractivity contribution < 1.29 is 9.90 Å². The quantitative estimate of drug-likeness (QED) is 0.785. The average molecular weight is 328 g/mol. The van der Waals surface area contributed by atoms with Gasteiger partial charge in [0.25, 0.3) is 5.91 Å². The van der Waals surface area contributed by atoms with Crippen LogP contribution in [0.2, 0.25) is 0 Å². The van der Waals surface area contributed by atoms with Crippen LogP contribution in [0.1, 0.15) is 48.8 Å². The van der Waals surface area contributed by atoms with Crippen LogP contribution >= 0.6 is 0 Å². The molecule has 1 saturated carbocycles. The SMILES string of the molecule is CCc1nc(-c2ccc(C(=O)NC3CCCCC3CO)cc2)n[nH]1. The summed E-state index contributed by atoms with van der Waals surface area (Å²) in [6.45, 7) is 2.15. The summed E-state index contributed by atoms with van der Waals surface area (Å²) in [4.78, 5) is 16.8. The molecule has 3 N–H and O–H groups in total. The summed E-state index contributed by atoms with van der Waals surface area (Å²) in [6, 6.07) is 7.38. The third-order valence-electron chi connectivity index (χ3n) is 4.73. The zero-order valence-corrected chi connectivity index (χ0v) is 14.0. The zero-order chi connectivity index (χ0) is 16.9. The van der Waals surface area contributed by atoms with Crippen LogP contribution in [0.15, 0.2) is 24.3 Å². The van der Waals surface area contributed by atoms with Gasteiger partial charge in [0.1, 0.15) is 5.82 Å². The number of aryl methyl sites for hydroxylation is 1. The molecule has 1 aromatic carbocycles. The third-order valence-corrected chi connectivity index (χ3v) is 4.73. The predicted octanol–water partition coefficient (Wildman–Crippen LogP) is 2.31. The second-order valence-corrected chi connectivity index (χ2v) is 6.34. The van der Waals surface area contributed by atoms with Crippen LogP contribution in [-0.2, 0) is 6.42 Å². The van der Waals surface area contributed by atoms with E-state index < -0.39 is 0 Å². The summed E-state index contributed by atoms with van der Waals surface area (Å²) < 4.78 is 0. The van der Waals surface area contributed by atoms with Gasteiger partial charge in [0, 0.05) is 36.1 Å². The van der Waals surface area contributed by atoms with E-state index in [-0.39, 0.29) is 24.5 Å². The van der Waals surface area contributed by atoms with Gasteiger partial charge in [-0.25, -0.2) is 4.98 Å². The summed E-state index contributed by atoms with van der Waals surface area (Å²) in [5, 5.41) is 19.6. The van der Waals surface area contributed by atoms with Crippen molar-refractivity contribution in [2.45, 2.75) is 45.1 Å². The normalized spacial score (nSPS) is 20.8. The van der Waals surface area contributed by atoms with E-state index in [4.69, 9.17) is 0 Å². The number of H-pyrrole nitrogens is 1. The van der Waals surface area contributed by atoms with E-state index >= 15 is 0 Å². The van der Waals surface area contributed by atoms with Crippen LogP contribution in [-0.4, -0.2) is 38.8 Å². The van der Waals surface area contributed by atoms with Gasteiger partial charge < -0.3 is 10.4 Å². The Balaban J connectivity index is 1.67. The van der Waals surface area contributed by atoms with Crippen LogP contribution in [0.3, 0.4) is 0 Å². The zero-order valence-electron chi connectivity index (χ0n) is 14.0. The highest BCUT2D eigenvalue weighted by Gasteiger charge is 2.26. The summed E-state index contributed by atoms with van der Waals surface area (Å²) >= 11 is 0. The minimum Gasteiger partial charge on any atom is -0.396 e. The molecule has 6 nitrogen and oxygen atoms in total. The number of nitrogens with zero attached hydrogens (tertiary/aromatic N) is 2. The molecule has 2 aromatic rings. The highest BCUT2D eigenvalue weighted by Crippen LogP contribution is 2.24. The van der Waals surface area contributed by atoms with E-state index in [1.54, 1.807) is 12.1 Å². The predicted molar refractivity (Wildman–Crippen MR) is 91.5 cm³/mol. The van der Waals surface area contributed by atoms with Crippen molar-refractivity contribution >= 4 is 5.91 Å². The molecule has 1 amide bonds. The molecule has 1 aliphatic rings. The Kier molecular flexibility index (Phi) is 5.25. The average Bonchev–Trinajstić information content (AvgIpc) is 3.11. The largest absolute Gasteiger partial charge is 0.396 e. The van der Waals surface area contributed by atoms with E-state index in [1.807, 2.05) is 19.1 Å². The molecule has 2 unspecified atom stereocenters. The number of hydrogen-bond donors (Lipinski definition) is 3. The van der Waals surface area contributed by atoms with Gasteiger partial charge in [-0.3, -0.25) is 9.89 Å². The molecule has 0 aliphatic heterocycles. The number of nitrogens with one attached hydrogen (secondary N) is 2. The van der Waals surface area contributed by atoms with Crippen LogP contribution in [0.4, 0.5) is 0 Å². The second-order valence-electron chi connectivity index (χ2n) is 6.34. The Bertz CT molecular complexity index is 681. The Labute approximate surface area is 141 Å². The van der Waals surface area contributed by atoms with E-state index in [1.165, 1.54) is 0 Å². The van der Waals surface area contributed by atoms with Gasteiger partial charge in [-0.2, -0.15) is 5.10 Å². The Hall–Kier alpha value is -2.21. The first-order chi connectivity index (χ1) is 11.7. The van der Waals surface area contributed by atoms with Crippen molar-refractivity contribution in [3.63, 3.8) is 0 Å². The molecule has 1 fully saturated rings. The van der Waals surface area contributed by atoms with Crippen molar-refractivity contribution in [1.29, 1.82) is 0 Å². The molecule has 1 aliphatic carbocycles. The maximum Gasteiger partial charge on any atom is 0.251 e. The summed E-state index contributed by atoms with van der Waals surface area (Å²) in [5.41, 5.74) is 1.50. The number of carbonyl (C=O) groups is 1. The minimum absolute atomic E-state index is 0.0658. The molecule has 0 saturated heterocycles. The molecule has 1 aromatic heterocycles. The summed E-state index contributed by atoms with van der Waals surface area (Å²) in [7, 11) is 0. The number of aliphatic hydroxyl groups is 1. The lowest BCUT2D eigenvalue weighted by molar-refractivity contribution is 0.0872. The third kappa shape index (κ3) is 3.64. The van der Waals surface area contributed by atoms with Gasteiger partial charge in [-0.1, -0.05) is 31.9 Å². The number of amides is 1. The second kappa shape index (κ2) is 7.57. The number of carbonyl (C=O) groups excluding carboxylic acids is 1. The van der Waals surface area contributed by atoms with Crippen LogP contribution in [0.25, 0.3) is 11.4 Å². The molecule has 2 atom stereocenters. The number of rotatable bonds is 5.